The van der Waals surface area contributed by atoms with Gasteiger partial charge in [-0.3, -0.25) is 10.1 Å². The van der Waals surface area contributed by atoms with E-state index >= 15 is 0 Å². The molecule has 1 aromatic rings. The zero-order valence-corrected chi connectivity index (χ0v) is 13.3. The largest absolute Gasteiger partial charge is 0.494 e. The van der Waals surface area contributed by atoms with Gasteiger partial charge in [0.05, 0.1) is 28.8 Å². The molecule has 98 valence electrons. The Bertz CT molecular complexity index is 456. The van der Waals surface area contributed by atoms with Crippen molar-refractivity contribution >= 4 is 37.8 Å². The molecule has 1 fully saturated rings. The van der Waals surface area contributed by atoms with E-state index in [1.807, 2.05) is 12.1 Å². The van der Waals surface area contributed by atoms with Crippen LogP contribution in [0.4, 0.5) is 0 Å². The van der Waals surface area contributed by atoms with Crippen molar-refractivity contribution in [3.05, 3.63) is 26.6 Å². The summed E-state index contributed by atoms with van der Waals surface area (Å²) >= 11 is 6.93. The van der Waals surface area contributed by atoms with Gasteiger partial charge in [0.1, 0.15) is 5.75 Å². The van der Waals surface area contributed by atoms with Gasteiger partial charge >= 0.3 is 0 Å². The van der Waals surface area contributed by atoms with Crippen LogP contribution in [0.5, 0.6) is 5.75 Å². The number of likely N-dealkylation sites (N-methyl/N-ethyl adjacent to an activating group) is 1. The van der Waals surface area contributed by atoms with Crippen LogP contribution in [0, 0.1) is 0 Å². The Morgan fingerprint density at radius 3 is 2.50 bits per heavy atom. The number of benzene rings is 1. The normalized spacial score (nSPS) is 19.4. The fraction of sp³-hybridized carbons (Fsp3) is 0.417. The molecule has 6 heteroatoms. The SMILES string of the molecule is COc1c(Br)cc(C[C@@H]2NCN(C)C2=O)cc1Br. The Labute approximate surface area is 123 Å². The molecule has 1 heterocycles. The van der Waals surface area contributed by atoms with Crippen LogP contribution in [0.1, 0.15) is 5.56 Å². The smallest absolute Gasteiger partial charge is 0.240 e. The maximum absolute atomic E-state index is 11.8. The fourth-order valence-electron chi connectivity index (χ4n) is 2.00. The third-order valence-electron chi connectivity index (χ3n) is 2.95. The van der Waals surface area contributed by atoms with E-state index in [0.717, 1.165) is 20.3 Å². The van der Waals surface area contributed by atoms with Crippen LogP contribution in [-0.2, 0) is 11.2 Å². The zero-order chi connectivity index (χ0) is 13.3. The van der Waals surface area contributed by atoms with Crippen LogP contribution >= 0.6 is 31.9 Å². The number of hydrogen-bond acceptors (Lipinski definition) is 3. The molecule has 1 N–H and O–H groups in total. The molecule has 2 rings (SSSR count). The lowest BCUT2D eigenvalue weighted by Gasteiger charge is -2.12. The molecule has 1 aromatic carbocycles. The van der Waals surface area contributed by atoms with Gasteiger partial charge in [-0.1, -0.05) is 0 Å². The molecule has 0 saturated carbocycles. The van der Waals surface area contributed by atoms with Gasteiger partial charge in [0.15, 0.2) is 0 Å². The van der Waals surface area contributed by atoms with Crippen molar-refractivity contribution in [2.24, 2.45) is 0 Å². The number of nitrogens with zero attached hydrogens (tertiary/aromatic N) is 1. The Balaban J connectivity index is 2.18. The van der Waals surface area contributed by atoms with E-state index in [1.54, 1.807) is 19.1 Å². The maximum atomic E-state index is 11.8. The molecule has 4 nitrogen and oxygen atoms in total. The van der Waals surface area contributed by atoms with E-state index in [0.29, 0.717) is 13.1 Å². The topological polar surface area (TPSA) is 41.6 Å². The van der Waals surface area contributed by atoms with Crippen molar-refractivity contribution in [1.29, 1.82) is 0 Å². The predicted octanol–water partition coefficient (Wildman–Crippen LogP) is 2.15. The minimum Gasteiger partial charge on any atom is -0.494 e. The van der Waals surface area contributed by atoms with Gasteiger partial charge in [-0.25, -0.2) is 0 Å². The van der Waals surface area contributed by atoms with Gasteiger partial charge in [0, 0.05) is 7.05 Å². The molecule has 1 saturated heterocycles. The van der Waals surface area contributed by atoms with Crippen LogP contribution in [0.3, 0.4) is 0 Å². The number of rotatable bonds is 3. The molecule has 18 heavy (non-hydrogen) atoms. The van der Waals surface area contributed by atoms with Crippen molar-refractivity contribution in [2.75, 3.05) is 20.8 Å². The number of hydrogen-bond donors (Lipinski definition) is 1. The van der Waals surface area contributed by atoms with E-state index in [1.165, 1.54) is 0 Å². The molecule has 1 amide bonds. The summed E-state index contributed by atoms with van der Waals surface area (Å²) in [6.45, 7) is 0.613. The zero-order valence-electron chi connectivity index (χ0n) is 10.2. The summed E-state index contributed by atoms with van der Waals surface area (Å²) in [5, 5.41) is 3.19. The maximum Gasteiger partial charge on any atom is 0.240 e. The number of carbonyl (C=O) groups is 1. The minimum atomic E-state index is -0.137. The van der Waals surface area contributed by atoms with E-state index in [-0.39, 0.29) is 11.9 Å². The lowest BCUT2D eigenvalue weighted by molar-refractivity contribution is -0.127. The molecule has 1 aliphatic rings. The summed E-state index contributed by atoms with van der Waals surface area (Å²) in [5.41, 5.74) is 1.08. The van der Waals surface area contributed by atoms with Crippen molar-refractivity contribution < 1.29 is 9.53 Å². The van der Waals surface area contributed by atoms with E-state index in [2.05, 4.69) is 37.2 Å². The second-order valence-electron chi connectivity index (χ2n) is 4.25. The van der Waals surface area contributed by atoms with Gasteiger partial charge in [-0.05, 0) is 56.0 Å². The van der Waals surface area contributed by atoms with Crippen LogP contribution < -0.4 is 10.1 Å². The molecule has 0 radical (unpaired) electrons. The number of ether oxygens (including phenoxy) is 1. The van der Waals surface area contributed by atoms with Crippen LogP contribution in [0.25, 0.3) is 0 Å². The summed E-state index contributed by atoms with van der Waals surface area (Å²) in [6, 6.07) is 3.83. The van der Waals surface area contributed by atoms with Crippen molar-refractivity contribution in [2.45, 2.75) is 12.5 Å². The lowest BCUT2D eigenvalue weighted by Crippen LogP contribution is -2.31. The Kier molecular flexibility index (Phi) is 4.29. The Hall–Kier alpha value is -0.590. The van der Waals surface area contributed by atoms with Gasteiger partial charge < -0.3 is 9.64 Å². The fourth-order valence-corrected chi connectivity index (χ4v) is 3.60. The highest BCUT2D eigenvalue weighted by atomic mass is 79.9. The van der Waals surface area contributed by atoms with E-state index < -0.39 is 0 Å². The van der Waals surface area contributed by atoms with Crippen LogP contribution in [0.2, 0.25) is 0 Å². The van der Waals surface area contributed by atoms with Gasteiger partial charge in [-0.2, -0.15) is 0 Å². The van der Waals surface area contributed by atoms with Gasteiger partial charge in [-0.15, -0.1) is 0 Å². The summed E-state index contributed by atoms with van der Waals surface area (Å²) in [7, 11) is 3.43. The monoisotopic (exact) mass is 376 g/mol. The quantitative estimate of drug-likeness (QED) is 0.877. The van der Waals surface area contributed by atoms with Gasteiger partial charge in [0.2, 0.25) is 5.91 Å². The third-order valence-corrected chi connectivity index (χ3v) is 4.13. The van der Waals surface area contributed by atoms with Crippen molar-refractivity contribution in [3.8, 4) is 5.75 Å². The predicted molar refractivity (Wildman–Crippen MR) is 76.7 cm³/mol. The molecule has 0 unspecified atom stereocenters. The molecule has 0 aromatic heterocycles. The summed E-state index contributed by atoms with van der Waals surface area (Å²) < 4.78 is 7.02. The molecule has 0 spiro atoms. The molecular weight excluding hydrogens is 364 g/mol. The second kappa shape index (κ2) is 5.59. The first-order valence-electron chi connectivity index (χ1n) is 5.53. The molecule has 1 aliphatic heterocycles. The highest BCUT2D eigenvalue weighted by Gasteiger charge is 2.28. The third kappa shape index (κ3) is 2.70. The number of methoxy groups -OCH3 is 1. The first-order valence-corrected chi connectivity index (χ1v) is 7.11. The average Bonchev–Trinajstić information content (AvgIpc) is 2.61. The average molecular weight is 378 g/mol. The number of halogens is 2. The number of carbonyl (C=O) groups excluding carboxylic acids is 1. The van der Waals surface area contributed by atoms with E-state index in [9.17, 15) is 4.79 Å². The second-order valence-corrected chi connectivity index (χ2v) is 5.96. The van der Waals surface area contributed by atoms with Crippen LogP contribution in [-0.4, -0.2) is 37.7 Å². The van der Waals surface area contributed by atoms with Crippen LogP contribution in [0.15, 0.2) is 21.1 Å². The molecule has 1 atom stereocenters. The first-order chi connectivity index (χ1) is 8.52. The van der Waals surface area contributed by atoms with E-state index in [4.69, 9.17) is 4.74 Å². The number of amides is 1. The Morgan fingerprint density at radius 2 is 2.06 bits per heavy atom. The highest BCUT2D eigenvalue weighted by molar-refractivity contribution is 9.11. The Morgan fingerprint density at radius 1 is 1.44 bits per heavy atom. The standard InChI is InChI=1S/C12H14Br2N2O2/c1-16-6-15-10(12(16)17)5-7-3-8(13)11(18-2)9(14)4-7/h3-4,10,15H,5-6H2,1-2H3/t10-/m0/s1. The number of nitrogens with one attached hydrogen (secondary N) is 1. The molecule has 0 aliphatic carbocycles. The summed E-state index contributed by atoms with van der Waals surface area (Å²) in [6.07, 6.45) is 0.671. The highest BCUT2D eigenvalue weighted by Crippen LogP contribution is 2.34. The lowest BCUT2D eigenvalue weighted by atomic mass is 10.1. The summed E-state index contributed by atoms with van der Waals surface area (Å²) in [5.74, 6) is 0.902. The van der Waals surface area contributed by atoms with Crippen molar-refractivity contribution in [1.82, 2.24) is 10.2 Å². The minimum absolute atomic E-state index is 0.137. The molecule has 0 bridgehead atoms. The van der Waals surface area contributed by atoms with Gasteiger partial charge in [0.25, 0.3) is 0 Å². The molecular formula is C12H14Br2N2O2. The first kappa shape index (κ1) is 13.8. The summed E-state index contributed by atoms with van der Waals surface area (Å²) in [4.78, 5) is 13.5. The van der Waals surface area contributed by atoms with Crippen molar-refractivity contribution in [3.63, 3.8) is 0 Å².